The zero-order valence-corrected chi connectivity index (χ0v) is 8.82. The second-order valence-electron chi connectivity index (χ2n) is 2.47. The molecule has 0 unspecified atom stereocenters. The van der Waals surface area contributed by atoms with Crippen LogP contribution in [-0.4, -0.2) is 11.9 Å². The molecule has 62 valence electrons. The van der Waals surface area contributed by atoms with Gasteiger partial charge < -0.3 is 0 Å². The number of rotatable bonds is 0. The van der Waals surface area contributed by atoms with E-state index >= 15 is 0 Å². The van der Waals surface area contributed by atoms with Gasteiger partial charge in [-0.2, -0.15) is 0 Å². The Bertz CT molecular complexity index is 346. The fourth-order valence-corrected chi connectivity index (χ4v) is 3.03. The second-order valence-corrected chi connectivity index (χ2v) is 5.22. The van der Waals surface area contributed by atoms with Crippen LogP contribution in [0.25, 0.3) is 0 Å². The third-order valence-corrected chi connectivity index (χ3v) is 3.77. The molecule has 2 aliphatic heterocycles. The first-order chi connectivity index (χ1) is 5.84. The molecule has 0 atom stereocenters. The summed E-state index contributed by atoms with van der Waals surface area (Å²) in [7, 11) is 0. The van der Waals surface area contributed by atoms with Gasteiger partial charge in [-0.05, 0) is 0 Å². The van der Waals surface area contributed by atoms with Crippen molar-refractivity contribution >= 4 is 11.9 Å². The summed E-state index contributed by atoms with van der Waals surface area (Å²) >= 11 is -0.135. The van der Waals surface area contributed by atoms with Crippen molar-refractivity contribution in [1.29, 1.82) is 0 Å². The summed E-state index contributed by atoms with van der Waals surface area (Å²) in [5.74, 6) is 0. The topological polar surface area (TPSA) is 24.7 Å². The predicted octanol–water partition coefficient (Wildman–Crippen LogP) is -1.13. The predicted molar refractivity (Wildman–Crippen MR) is 46.9 cm³/mol. The Hall–Kier alpha value is -0.710. The molecule has 2 rings (SSSR count). The summed E-state index contributed by atoms with van der Waals surface area (Å²) in [4.78, 5) is 8.79. The Morgan fingerprint density at radius 2 is 1.92 bits per heavy atom. The Kier molecular flexibility index (Phi) is 2.21. The molecular formula is C9H8IN2-. The van der Waals surface area contributed by atoms with Gasteiger partial charge >= 0.3 is 81.8 Å². The van der Waals surface area contributed by atoms with Crippen molar-refractivity contribution in [3.05, 3.63) is 31.7 Å². The normalized spacial score (nSPS) is 21.2. The van der Waals surface area contributed by atoms with Gasteiger partial charge in [0.25, 0.3) is 0 Å². The van der Waals surface area contributed by atoms with E-state index in [1.807, 2.05) is 25.3 Å². The van der Waals surface area contributed by atoms with Gasteiger partial charge in [0.15, 0.2) is 0 Å². The zero-order valence-electron chi connectivity index (χ0n) is 6.66. The Morgan fingerprint density at radius 1 is 1.17 bits per heavy atom. The van der Waals surface area contributed by atoms with E-state index in [0.29, 0.717) is 0 Å². The summed E-state index contributed by atoms with van der Waals surface area (Å²) in [6.07, 6.45) is 10.0. The van der Waals surface area contributed by atoms with E-state index in [1.165, 1.54) is 7.41 Å². The van der Waals surface area contributed by atoms with Crippen LogP contribution in [0.4, 0.5) is 0 Å². The minimum absolute atomic E-state index is 0.135. The summed E-state index contributed by atoms with van der Waals surface area (Å²) in [6.45, 7) is 1.98. The Morgan fingerprint density at radius 3 is 2.75 bits per heavy atom. The molecule has 0 amide bonds. The second kappa shape index (κ2) is 3.35. The Labute approximate surface area is 81.8 Å². The quantitative estimate of drug-likeness (QED) is 0.393. The van der Waals surface area contributed by atoms with Crippen LogP contribution in [0.15, 0.2) is 41.7 Å². The van der Waals surface area contributed by atoms with Crippen LogP contribution in [0.2, 0.25) is 0 Å². The van der Waals surface area contributed by atoms with Crippen molar-refractivity contribution in [2.24, 2.45) is 9.98 Å². The number of hydrogen-bond donors (Lipinski definition) is 0. The molecule has 0 radical (unpaired) electrons. The molecule has 2 bridgehead atoms. The first-order valence-electron chi connectivity index (χ1n) is 3.67. The van der Waals surface area contributed by atoms with Crippen LogP contribution in [-0.2, 0) is 0 Å². The molecule has 2 heterocycles. The fourth-order valence-electron chi connectivity index (χ4n) is 0.910. The molecule has 0 aromatic rings. The number of nitrogens with zero attached hydrogens (tertiary/aromatic N) is 2. The first-order valence-corrected chi connectivity index (χ1v) is 5.83. The molecule has 0 spiro atoms. The average molecular weight is 271 g/mol. The standard InChI is InChI=1S/C9H8IN2/c1-7-6-11-8-4-2-3-5-9(10-8)12-7/h2-6H,1H3/q-1. The summed E-state index contributed by atoms with van der Waals surface area (Å²) in [6, 6.07) is 0. The molecular weight excluding hydrogens is 263 g/mol. The van der Waals surface area contributed by atoms with Gasteiger partial charge in [0, 0.05) is 0 Å². The van der Waals surface area contributed by atoms with Crippen LogP contribution in [0.1, 0.15) is 6.92 Å². The number of aliphatic imine (C=N–C) groups is 2. The molecule has 0 aromatic heterocycles. The third-order valence-electron chi connectivity index (χ3n) is 1.43. The fraction of sp³-hybridized carbons (Fsp3) is 0.111. The van der Waals surface area contributed by atoms with Crippen molar-refractivity contribution < 1.29 is 21.2 Å². The molecule has 3 heteroatoms. The van der Waals surface area contributed by atoms with Gasteiger partial charge in [0.2, 0.25) is 0 Å². The van der Waals surface area contributed by atoms with Crippen molar-refractivity contribution in [3.63, 3.8) is 0 Å². The average Bonchev–Trinajstić information content (AvgIpc) is 2.35. The molecule has 2 aliphatic rings. The van der Waals surface area contributed by atoms with Crippen LogP contribution in [0, 0.1) is 0 Å². The molecule has 12 heavy (non-hydrogen) atoms. The summed E-state index contributed by atoms with van der Waals surface area (Å²) in [5, 5.41) is 0. The Balaban J connectivity index is 2.48. The molecule has 2 nitrogen and oxygen atoms in total. The van der Waals surface area contributed by atoms with Crippen LogP contribution in [0.5, 0.6) is 0 Å². The molecule has 0 aromatic carbocycles. The molecule has 0 saturated heterocycles. The zero-order chi connectivity index (χ0) is 8.39. The van der Waals surface area contributed by atoms with E-state index in [2.05, 4.69) is 22.1 Å². The van der Waals surface area contributed by atoms with Crippen molar-refractivity contribution in [1.82, 2.24) is 0 Å². The third kappa shape index (κ3) is 1.72. The van der Waals surface area contributed by atoms with E-state index in [-0.39, 0.29) is 21.2 Å². The number of hydrogen-bond acceptors (Lipinski definition) is 2. The molecule has 0 saturated carbocycles. The van der Waals surface area contributed by atoms with E-state index in [1.54, 1.807) is 0 Å². The number of allylic oxidation sites excluding steroid dienone is 4. The minimum atomic E-state index is -0.135. The van der Waals surface area contributed by atoms with Gasteiger partial charge in [0.1, 0.15) is 0 Å². The van der Waals surface area contributed by atoms with Crippen molar-refractivity contribution in [2.45, 2.75) is 6.92 Å². The van der Waals surface area contributed by atoms with E-state index in [9.17, 15) is 0 Å². The summed E-state index contributed by atoms with van der Waals surface area (Å²) < 4.78 is 2.39. The van der Waals surface area contributed by atoms with Gasteiger partial charge in [-0.3, -0.25) is 0 Å². The number of halogens is 1. The van der Waals surface area contributed by atoms with Gasteiger partial charge in [-0.25, -0.2) is 0 Å². The van der Waals surface area contributed by atoms with Crippen LogP contribution in [0.3, 0.4) is 0 Å². The monoisotopic (exact) mass is 271 g/mol. The summed E-state index contributed by atoms with van der Waals surface area (Å²) in [5.41, 5.74) is 1.000. The van der Waals surface area contributed by atoms with Gasteiger partial charge in [-0.15, -0.1) is 0 Å². The van der Waals surface area contributed by atoms with E-state index in [4.69, 9.17) is 0 Å². The van der Waals surface area contributed by atoms with Gasteiger partial charge in [-0.1, -0.05) is 0 Å². The van der Waals surface area contributed by atoms with Crippen LogP contribution < -0.4 is 21.2 Å². The molecule has 0 N–H and O–H groups in total. The van der Waals surface area contributed by atoms with Gasteiger partial charge in [0.05, 0.1) is 0 Å². The maximum atomic E-state index is 4.44. The molecule has 0 aliphatic carbocycles. The first kappa shape index (κ1) is 7.91. The van der Waals surface area contributed by atoms with E-state index < -0.39 is 0 Å². The van der Waals surface area contributed by atoms with Crippen LogP contribution >= 0.6 is 0 Å². The number of fused-ring (bicyclic) bond motifs is 2. The molecule has 0 fully saturated rings. The SMILES string of the molecule is CC1=NC2=CC=CC=C(N=C1)[I-]2. The maximum absolute atomic E-state index is 4.44. The van der Waals surface area contributed by atoms with E-state index in [0.717, 1.165) is 5.71 Å². The van der Waals surface area contributed by atoms with Crippen molar-refractivity contribution in [2.75, 3.05) is 0 Å². The van der Waals surface area contributed by atoms with Crippen molar-refractivity contribution in [3.8, 4) is 0 Å².